The van der Waals surface area contributed by atoms with Gasteiger partial charge in [-0.2, -0.15) is 0 Å². The molecule has 1 amide bonds. The minimum atomic E-state index is -0.561. The molecule has 0 bridgehead atoms. The van der Waals surface area contributed by atoms with Crippen LogP contribution in [0.4, 0.5) is 11.4 Å². The lowest BCUT2D eigenvalue weighted by molar-refractivity contribution is -0.145. The van der Waals surface area contributed by atoms with E-state index in [1.54, 1.807) is 6.92 Å². The Labute approximate surface area is 215 Å². The number of thiophene rings is 1. The SMILES string of the molecule is CCOC(=O)COc1c(C(=O)OC)sc(-c2cccc(NCc3cccc(NC(C)=O)c3)c2)c1Br. The van der Waals surface area contributed by atoms with Crippen molar-refractivity contribution in [3.05, 3.63) is 63.4 Å². The Bertz CT molecular complexity index is 1230. The van der Waals surface area contributed by atoms with Crippen LogP contribution >= 0.6 is 27.3 Å². The summed E-state index contributed by atoms with van der Waals surface area (Å²) in [5.74, 6) is -0.981. The monoisotopic (exact) mass is 560 g/mol. The Balaban J connectivity index is 1.82. The largest absolute Gasteiger partial charge is 0.479 e. The molecule has 0 aliphatic rings. The molecular formula is C25H25BrN2O6S. The lowest BCUT2D eigenvalue weighted by atomic mass is 10.1. The van der Waals surface area contributed by atoms with Gasteiger partial charge in [0.25, 0.3) is 0 Å². The molecule has 2 aromatic carbocycles. The second-order valence-corrected chi connectivity index (χ2v) is 9.12. The third-order valence-electron chi connectivity index (χ3n) is 4.69. The van der Waals surface area contributed by atoms with E-state index in [0.29, 0.717) is 11.0 Å². The summed E-state index contributed by atoms with van der Waals surface area (Å²) in [5, 5.41) is 6.15. The van der Waals surface area contributed by atoms with Crippen LogP contribution in [0.5, 0.6) is 5.75 Å². The average Bonchev–Trinajstić information content (AvgIpc) is 3.17. The molecule has 10 heteroatoms. The fourth-order valence-electron chi connectivity index (χ4n) is 3.21. The maximum atomic E-state index is 12.4. The number of benzene rings is 2. The van der Waals surface area contributed by atoms with Crippen LogP contribution in [-0.2, 0) is 25.6 Å². The number of nitrogens with one attached hydrogen (secondary N) is 2. The average molecular weight is 561 g/mol. The van der Waals surface area contributed by atoms with Gasteiger partial charge < -0.3 is 24.8 Å². The Morgan fingerprint density at radius 1 is 1.06 bits per heavy atom. The highest BCUT2D eigenvalue weighted by atomic mass is 79.9. The van der Waals surface area contributed by atoms with Gasteiger partial charge >= 0.3 is 11.9 Å². The summed E-state index contributed by atoms with van der Waals surface area (Å²) in [7, 11) is 1.29. The molecule has 184 valence electrons. The van der Waals surface area contributed by atoms with Gasteiger partial charge in [0.2, 0.25) is 5.91 Å². The van der Waals surface area contributed by atoms with Crippen LogP contribution in [-0.4, -0.2) is 38.2 Å². The van der Waals surface area contributed by atoms with E-state index in [-0.39, 0.29) is 29.7 Å². The fourth-order valence-corrected chi connectivity index (χ4v) is 5.18. The third-order valence-corrected chi connectivity index (χ3v) is 6.91. The van der Waals surface area contributed by atoms with Gasteiger partial charge in [0.05, 0.1) is 23.1 Å². The van der Waals surface area contributed by atoms with Crippen LogP contribution < -0.4 is 15.4 Å². The van der Waals surface area contributed by atoms with Crippen molar-refractivity contribution in [1.82, 2.24) is 0 Å². The molecule has 0 spiro atoms. The van der Waals surface area contributed by atoms with Gasteiger partial charge in [0, 0.05) is 24.8 Å². The van der Waals surface area contributed by atoms with Crippen molar-refractivity contribution in [3.8, 4) is 16.2 Å². The number of hydrogen-bond donors (Lipinski definition) is 2. The Morgan fingerprint density at radius 3 is 2.51 bits per heavy atom. The zero-order valence-corrected chi connectivity index (χ0v) is 21.9. The number of carbonyl (C=O) groups excluding carboxylic acids is 3. The summed E-state index contributed by atoms with van der Waals surface area (Å²) in [5.41, 5.74) is 3.44. The highest BCUT2D eigenvalue weighted by Crippen LogP contribution is 2.46. The number of halogens is 1. The van der Waals surface area contributed by atoms with Gasteiger partial charge in [-0.3, -0.25) is 4.79 Å². The summed E-state index contributed by atoms with van der Waals surface area (Å²) < 4.78 is 16.0. The van der Waals surface area contributed by atoms with Crippen LogP contribution in [0.3, 0.4) is 0 Å². The Hall–Kier alpha value is -3.37. The van der Waals surface area contributed by atoms with Gasteiger partial charge in [0.15, 0.2) is 17.2 Å². The van der Waals surface area contributed by atoms with E-state index in [1.165, 1.54) is 25.4 Å². The van der Waals surface area contributed by atoms with Gasteiger partial charge in [-0.25, -0.2) is 9.59 Å². The molecule has 0 radical (unpaired) electrons. The molecule has 0 fully saturated rings. The number of methoxy groups -OCH3 is 1. The van der Waals surface area contributed by atoms with Crippen molar-refractivity contribution in [2.45, 2.75) is 20.4 Å². The molecule has 0 unspecified atom stereocenters. The zero-order valence-electron chi connectivity index (χ0n) is 19.5. The predicted octanol–water partition coefficient (Wildman–Crippen LogP) is 5.48. The smallest absolute Gasteiger partial charge is 0.351 e. The number of ether oxygens (including phenoxy) is 3. The van der Waals surface area contributed by atoms with Gasteiger partial charge in [0.1, 0.15) is 0 Å². The number of amides is 1. The van der Waals surface area contributed by atoms with E-state index in [4.69, 9.17) is 14.2 Å². The lowest BCUT2D eigenvalue weighted by Gasteiger charge is -2.10. The molecule has 0 aliphatic heterocycles. The molecule has 0 saturated heterocycles. The normalized spacial score (nSPS) is 10.4. The highest BCUT2D eigenvalue weighted by molar-refractivity contribution is 9.10. The number of esters is 2. The summed E-state index contributed by atoms with van der Waals surface area (Å²) in [6, 6.07) is 15.3. The van der Waals surface area contributed by atoms with Crippen molar-refractivity contribution in [3.63, 3.8) is 0 Å². The molecule has 0 saturated carbocycles. The second kappa shape index (κ2) is 12.4. The van der Waals surface area contributed by atoms with Crippen molar-refractivity contribution >= 4 is 56.5 Å². The standard InChI is InChI=1S/C25H25BrN2O6S/c1-4-33-20(30)14-34-22-21(26)23(35-24(22)25(31)32-3)17-8-6-9-18(12-17)27-13-16-7-5-10-19(11-16)28-15(2)29/h5-12,27H,4,13-14H2,1-3H3,(H,28,29). The molecule has 1 aromatic heterocycles. The summed E-state index contributed by atoms with van der Waals surface area (Å²) in [6.45, 7) is 3.63. The van der Waals surface area contributed by atoms with Crippen molar-refractivity contribution < 1.29 is 28.6 Å². The summed E-state index contributed by atoms with van der Waals surface area (Å²) in [4.78, 5) is 36.4. The first kappa shape index (κ1) is 26.2. The summed E-state index contributed by atoms with van der Waals surface area (Å²) >= 11 is 4.73. The van der Waals surface area contributed by atoms with Gasteiger partial charge in [-0.15, -0.1) is 11.3 Å². The van der Waals surface area contributed by atoms with E-state index in [2.05, 4.69) is 26.6 Å². The molecule has 8 nitrogen and oxygen atoms in total. The molecule has 3 aromatic rings. The predicted molar refractivity (Wildman–Crippen MR) is 139 cm³/mol. The van der Waals surface area contributed by atoms with E-state index < -0.39 is 11.9 Å². The molecule has 35 heavy (non-hydrogen) atoms. The first-order valence-electron chi connectivity index (χ1n) is 10.7. The zero-order chi connectivity index (χ0) is 25.4. The van der Waals surface area contributed by atoms with Crippen molar-refractivity contribution in [2.75, 3.05) is 31.0 Å². The van der Waals surface area contributed by atoms with Crippen molar-refractivity contribution in [2.24, 2.45) is 0 Å². The minimum absolute atomic E-state index is 0.124. The number of rotatable bonds is 10. The maximum Gasteiger partial charge on any atom is 0.351 e. The van der Waals surface area contributed by atoms with E-state index in [9.17, 15) is 14.4 Å². The topological polar surface area (TPSA) is 103 Å². The molecule has 2 N–H and O–H groups in total. The van der Waals surface area contributed by atoms with E-state index in [1.807, 2.05) is 48.5 Å². The fraction of sp³-hybridized carbons (Fsp3) is 0.240. The minimum Gasteiger partial charge on any atom is -0.479 e. The molecule has 0 atom stereocenters. The molecular weight excluding hydrogens is 536 g/mol. The number of carbonyl (C=O) groups is 3. The van der Waals surface area contributed by atoms with Crippen molar-refractivity contribution in [1.29, 1.82) is 0 Å². The number of anilines is 2. The van der Waals surface area contributed by atoms with Gasteiger partial charge in [-0.1, -0.05) is 24.3 Å². The molecule has 3 rings (SSSR count). The van der Waals surface area contributed by atoms with E-state index in [0.717, 1.165) is 27.4 Å². The Morgan fingerprint density at radius 2 is 1.80 bits per heavy atom. The van der Waals surface area contributed by atoms with Crippen LogP contribution in [0.15, 0.2) is 53.0 Å². The number of hydrogen-bond acceptors (Lipinski definition) is 8. The summed E-state index contributed by atoms with van der Waals surface area (Å²) in [6.07, 6.45) is 0. The quantitative estimate of drug-likeness (QED) is 0.316. The molecule has 1 heterocycles. The van der Waals surface area contributed by atoms with Crippen LogP contribution in [0.2, 0.25) is 0 Å². The Kier molecular flexibility index (Phi) is 9.27. The first-order valence-corrected chi connectivity index (χ1v) is 12.3. The van der Waals surface area contributed by atoms with E-state index >= 15 is 0 Å². The first-order chi connectivity index (χ1) is 16.8. The molecule has 0 aliphatic carbocycles. The lowest BCUT2D eigenvalue weighted by Crippen LogP contribution is -2.15. The van der Waals surface area contributed by atoms with Crippen LogP contribution in [0.1, 0.15) is 29.1 Å². The van der Waals surface area contributed by atoms with Crippen LogP contribution in [0.25, 0.3) is 10.4 Å². The highest BCUT2D eigenvalue weighted by Gasteiger charge is 2.25. The van der Waals surface area contributed by atoms with Gasteiger partial charge in [-0.05, 0) is 58.2 Å². The maximum absolute atomic E-state index is 12.4. The van der Waals surface area contributed by atoms with Crippen LogP contribution in [0, 0.1) is 0 Å². The third kappa shape index (κ3) is 7.06. The second-order valence-electron chi connectivity index (χ2n) is 7.30.